The molecule has 1 N–H and O–H groups in total. The normalized spacial score (nSPS) is 17.3. The van der Waals surface area contributed by atoms with Gasteiger partial charge < -0.3 is 10.1 Å². The fourth-order valence-corrected chi connectivity index (χ4v) is 3.80. The Bertz CT molecular complexity index is 687. The Balaban J connectivity index is 2.11. The van der Waals surface area contributed by atoms with E-state index in [4.69, 9.17) is 4.74 Å². The molecule has 24 heavy (non-hydrogen) atoms. The van der Waals surface area contributed by atoms with Crippen LogP contribution in [-0.2, 0) is 0 Å². The summed E-state index contributed by atoms with van der Waals surface area (Å²) in [6, 6.07) is 12.9. The molecule has 0 aromatic heterocycles. The molecule has 0 bridgehead atoms. The van der Waals surface area contributed by atoms with Gasteiger partial charge in [-0.2, -0.15) is 0 Å². The standard InChI is InChI=1S/C19H22BrFN2O/c1-24-18-8-7-14(21)13-16(18)19(15-5-2-3-6-17(15)20)23-11-4-9-22-10-12-23/h2-3,5-8,13,19,22H,4,9-12H2,1H3. The Labute approximate surface area is 150 Å². The minimum atomic E-state index is -0.240. The number of hydrogen-bond acceptors (Lipinski definition) is 3. The van der Waals surface area contributed by atoms with Crippen LogP contribution in [-0.4, -0.2) is 38.2 Å². The first-order valence-electron chi connectivity index (χ1n) is 8.23. The van der Waals surface area contributed by atoms with Crippen LogP contribution in [0.4, 0.5) is 4.39 Å². The van der Waals surface area contributed by atoms with Crippen molar-refractivity contribution in [2.45, 2.75) is 12.5 Å². The van der Waals surface area contributed by atoms with Crippen molar-refractivity contribution in [1.82, 2.24) is 10.2 Å². The lowest BCUT2D eigenvalue weighted by atomic mass is 9.95. The van der Waals surface area contributed by atoms with E-state index in [0.29, 0.717) is 5.75 Å². The molecule has 0 radical (unpaired) electrons. The Morgan fingerprint density at radius 1 is 1.12 bits per heavy atom. The van der Waals surface area contributed by atoms with Crippen molar-refractivity contribution in [2.75, 3.05) is 33.3 Å². The predicted octanol–water partition coefficient (Wildman–Crippen LogP) is 3.98. The first-order valence-corrected chi connectivity index (χ1v) is 9.02. The molecular weight excluding hydrogens is 371 g/mol. The van der Waals surface area contributed by atoms with Crippen LogP contribution in [0.5, 0.6) is 5.75 Å². The van der Waals surface area contributed by atoms with Crippen LogP contribution in [0.2, 0.25) is 0 Å². The molecule has 1 unspecified atom stereocenters. The number of ether oxygens (including phenoxy) is 1. The molecule has 128 valence electrons. The minimum Gasteiger partial charge on any atom is -0.496 e. The molecule has 1 saturated heterocycles. The number of hydrogen-bond donors (Lipinski definition) is 1. The maximum Gasteiger partial charge on any atom is 0.124 e. The maximum absolute atomic E-state index is 14.0. The Morgan fingerprint density at radius 3 is 2.75 bits per heavy atom. The number of nitrogens with zero attached hydrogens (tertiary/aromatic N) is 1. The molecule has 0 saturated carbocycles. The lowest BCUT2D eigenvalue weighted by Crippen LogP contribution is -2.33. The van der Waals surface area contributed by atoms with Crippen molar-refractivity contribution in [3.8, 4) is 5.75 Å². The highest BCUT2D eigenvalue weighted by atomic mass is 79.9. The lowest BCUT2D eigenvalue weighted by Gasteiger charge is -2.32. The number of methoxy groups -OCH3 is 1. The van der Waals surface area contributed by atoms with Gasteiger partial charge in [-0.1, -0.05) is 34.1 Å². The Hall–Kier alpha value is -1.43. The molecule has 1 fully saturated rings. The molecule has 0 amide bonds. The average Bonchev–Trinajstić information content (AvgIpc) is 2.86. The van der Waals surface area contributed by atoms with Gasteiger partial charge in [0, 0.05) is 29.7 Å². The molecule has 5 heteroatoms. The Kier molecular flexibility index (Phi) is 5.87. The zero-order valence-corrected chi connectivity index (χ0v) is 15.4. The summed E-state index contributed by atoms with van der Waals surface area (Å²) in [6.45, 7) is 3.81. The van der Waals surface area contributed by atoms with Crippen molar-refractivity contribution >= 4 is 15.9 Å². The summed E-state index contributed by atoms with van der Waals surface area (Å²) < 4.78 is 20.6. The van der Waals surface area contributed by atoms with Crippen LogP contribution in [0.25, 0.3) is 0 Å². The van der Waals surface area contributed by atoms with Gasteiger partial charge in [-0.25, -0.2) is 4.39 Å². The summed E-state index contributed by atoms with van der Waals surface area (Å²) in [5.41, 5.74) is 2.00. The summed E-state index contributed by atoms with van der Waals surface area (Å²) in [7, 11) is 1.64. The van der Waals surface area contributed by atoms with Crippen molar-refractivity contribution < 1.29 is 9.13 Å². The van der Waals surface area contributed by atoms with E-state index in [1.807, 2.05) is 18.2 Å². The molecule has 3 rings (SSSR count). The molecule has 0 spiro atoms. The highest BCUT2D eigenvalue weighted by Gasteiger charge is 2.27. The number of rotatable bonds is 4. The predicted molar refractivity (Wildman–Crippen MR) is 98.0 cm³/mol. The molecule has 3 nitrogen and oxygen atoms in total. The van der Waals surface area contributed by atoms with E-state index in [1.54, 1.807) is 19.2 Å². The fourth-order valence-electron chi connectivity index (χ4n) is 3.30. The number of benzene rings is 2. The van der Waals surface area contributed by atoms with Crippen LogP contribution in [0, 0.1) is 5.82 Å². The molecule has 1 aliphatic rings. The van der Waals surface area contributed by atoms with E-state index in [2.05, 4.69) is 32.2 Å². The van der Waals surface area contributed by atoms with E-state index >= 15 is 0 Å². The number of halogens is 2. The SMILES string of the molecule is COc1ccc(F)cc1C(c1ccccc1Br)N1CCCNCC1. The van der Waals surface area contributed by atoms with Gasteiger partial charge in [-0.15, -0.1) is 0 Å². The zero-order valence-electron chi connectivity index (χ0n) is 13.8. The second-order valence-electron chi connectivity index (χ2n) is 5.95. The summed E-state index contributed by atoms with van der Waals surface area (Å²) in [5, 5.41) is 3.43. The molecule has 2 aromatic rings. The van der Waals surface area contributed by atoms with Gasteiger partial charge in [0.25, 0.3) is 0 Å². The van der Waals surface area contributed by atoms with Crippen molar-refractivity contribution in [1.29, 1.82) is 0 Å². The van der Waals surface area contributed by atoms with Gasteiger partial charge in [0.2, 0.25) is 0 Å². The van der Waals surface area contributed by atoms with E-state index in [1.165, 1.54) is 6.07 Å². The van der Waals surface area contributed by atoms with E-state index < -0.39 is 0 Å². The van der Waals surface area contributed by atoms with Crippen LogP contribution < -0.4 is 10.1 Å². The zero-order chi connectivity index (χ0) is 16.9. The highest BCUT2D eigenvalue weighted by molar-refractivity contribution is 9.10. The van der Waals surface area contributed by atoms with Crippen LogP contribution >= 0.6 is 15.9 Å². The molecule has 2 aromatic carbocycles. The first-order chi connectivity index (χ1) is 11.7. The second-order valence-corrected chi connectivity index (χ2v) is 6.80. The quantitative estimate of drug-likeness (QED) is 0.851. The first kappa shape index (κ1) is 17.4. The molecule has 1 atom stereocenters. The largest absolute Gasteiger partial charge is 0.496 e. The molecular formula is C19H22BrFN2O. The maximum atomic E-state index is 14.0. The van der Waals surface area contributed by atoms with Gasteiger partial charge in [-0.3, -0.25) is 4.90 Å². The topological polar surface area (TPSA) is 24.5 Å². The van der Waals surface area contributed by atoms with Gasteiger partial charge >= 0.3 is 0 Å². The third-order valence-corrected chi connectivity index (χ3v) is 5.15. The van der Waals surface area contributed by atoms with Gasteiger partial charge in [0.1, 0.15) is 11.6 Å². The smallest absolute Gasteiger partial charge is 0.124 e. The van der Waals surface area contributed by atoms with E-state index in [-0.39, 0.29) is 11.9 Å². The summed E-state index contributed by atoms with van der Waals surface area (Å²) in [6.07, 6.45) is 1.07. The summed E-state index contributed by atoms with van der Waals surface area (Å²) in [5.74, 6) is 0.477. The minimum absolute atomic E-state index is 0.0499. The summed E-state index contributed by atoms with van der Waals surface area (Å²) >= 11 is 3.67. The van der Waals surface area contributed by atoms with Gasteiger partial charge in [-0.05, 0) is 42.8 Å². The van der Waals surface area contributed by atoms with Crippen LogP contribution in [0.15, 0.2) is 46.9 Å². The second kappa shape index (κ2) is 8.10. The van der Waals surface area contributed by atoms with E-state index in [0.717, 1.165) is 48.2 Å². The van der Waals surface area contributed by atoms with E-state index in [9.17, 15) is 4.39 Å². The van der Waals surface area contributed by atoms with Gasteiger partial charge in [0.15, 0.2) is 0 Å². The van der Waals surface area contributed by atoms with Crippen LogP contribution in [0.1, 0.15) is 23.6 Å². The van der Waals surface area contributed by atoms with Gasteiger partial charge in [0.05, 0.1) is 13.2 Å². The number of nitrogens with one attached hydrogen (secondary N) is 1. The summed E-state index contributed by atoms with van der Waals surface area (Å²) in [4.78, 5) is 2.40. The fraction of sp³-hybridized carbons (Fsp3) is 0.368. The third-order valence-electron chi connectivity index (χ3n) is 4.43. The lowest BCUT2D eigenvalue weighted by molar-refractivity contribution is 0.235. The third kappa shape index (κ3) is 3.79. The van der Waals surface area contributed by atoms with Crippen molar-refractivity contribution in [2.24, 2.45) is 0 Å². The Morgan fingerprint density at radius 2 is 1.96 bits per heavy atom. The average molecular weight is 393 g/mol. The molecule has 1 aliphatic heterocycles. The molecule has 1 heterocycles. The van der Waals surface area contributed by atoms with Crippen molar-refractivity contribution in [3.63, 3.8) is 0 Å². The molecule has 0 aliphatic carbocycles. The monoisotopic (exact) mass is 392 g/mol. The van der Waals surface area contributed by atoms with Crippen molar-refractivity contribution in [3.05, 3.63) is 63.9 Å². The highest BCUT2D eigenvalue weighted by Crippen LogP contribution is 2.38. The van der Waals surface area contributed by atoms with Crippen LogP contribution in [0.3, 0.4) is 0 Å².